The van der Waals surface area contributed by atoms with Gasteiger partial charge in [-0.05, 0) is 23.3 Å². The molecule has 0 spiro atoms. The van der Waals surface area contributed by atoms with Gasteiger partial charge in [0.15, 0.2) is 24.5 Å². The van der Waals surface area contributed by atoms with E-state index in [-0.39, 0.29) is 0 Å². The monoisotopic (exact) mass is 406 g/mol. The lowest BCUT2D eigenvalue weighted by Gasteiger charge is -2.21. The molecule has 0 bridgehead atoms. The quantitative estimate of drug-likeness (QED) is 0.598. The van der Waals surface area contributed by atoms with Gasteiger partial charge in [0.05, 0.1) is 0 Å². The number of nitrogens with zero attached hydrogens (tertiary/aromatic N) is 2. The lowest BCUT2D eigenvalue weighted by Crippen LogP contribution is -2.35. The largest absolute Gasteiger partial charge is 0.378 e. The molecular weight excluding hydrogens is 372 g/mol. The highest BCUT2D eigenvalue weighted by Crippen LogP contribution is 2.22. The Bertz CT molecular complexity index is 868. The maximum Gasteiger partial charge on any atom is 0.184 e. The van der Waals surface area contributed by atoms with Gasteiger partial charge in [-0.1, -0.05) is 36.4 Å². The van der Waals surface area contributed by atoms with Gasteiger partial charge in [0.1, 0.15) is 26.3 Å². The number of hydrogen-bond donors (Lipinski definition) is 0. The molecule has 30 heavy (non-hydrogen) atoms. The Morgan fingerprint density at radius 2 is 1.10 bits per heavy atom. The minimum atomic E-state index is 0.769. The number of methoxy groups -OCH3 is 2. The molecular formula is C26H34N2O2+2. The second kappa shape index (κ2) is 10.1. The van der Waals surface area contributed by atoms with Gasteiger partial charge in [-0.3, -0.25) is 0 Å². The summed E-state index contributed by atoms with van der Waals surface area (Å²) in [6, 6.07) is 17.9. The van der Waals surface area contributed by atoms with E-state index in [2.05, 4.69) is 57.7 Å². The molecule has 0 atom stereocenters. The molecule has 4 rings (SSSR count). The summed E-state index contributed by atoms with van der Waals surface area (Å²) < 4.78 is 15.9. The van der Waals surface area contributed by atoms with Crippen LogP contribution in [0.5, 0.6) is 0 Å². The third kappa shape index (κ3) is 4.55. The van der Waals surface area contributed by atoms with Crippen molar-refractivity contribution in [1.29, 1.82) is 0 Å². The highest BCUT2D eigenvalue weighted by atomic mass is 16.5. The lowest BCUT2D eigenvalue weighted by atomic mass is 9.90. The summed E-state index contributed by atoms with van der Waals surface area (Å²) in [5.74, 6) is 0. The second-order valence-electron chi connectivity index (χ2n) is 8.17. The van der Waals surface area contributed by atoms with Crippen LogP contribution in [0.2, 0.25) is 0 Å². The number of fused-ring (bicyclic) bond motifs is 2. The predicted molar refractivity (Wildman–Crippen MR) is 121 cm³/mol. The molecule has 0 fully saturated rings. The summed E-state index contributed by atoms with van der Waals surface area (Å²) in [5, 5.41) is 0. The van der Waals surface area contributed by atoms with Crippen LogP contribution in [0.25, 0.3) is 0 Å². The standard InChI is InChI=1S/C26H34N2O2/c1-29-19-17-27-15-13-21-7-3-5-9-23(21)25(27)11-12-26-24-10-6-4-8-22(24)14-16-28(26)18-20-30-2/h3-10H,11-20H2,1-2H3/q+2. The minimum absolute atomic E-state index is 0.769. The number of benzene rings is 2. The first-order valence-corrected chi connectivity index (χ1v) is 11.2. The molecule has 0 radical (unpaired) electrons. The molecule has 2 aliphatic heterocycles. The number of ether oxygens (including phenoxy) is 2. The van der Waals surface area contributed by atoms with Gasteiger partial charge < -0.3 is 9.47 Å². The molecule has 2 aliphatic rings. The highest BCUT2D eigenvalue weighted by Gasteiger charge is 2.29. The van der Waals surface area contributed by atoms with E-state index in [0.717, 1.165) is 65.1 Å². The van der Waals surface area contributed by atoms with Crippen molar-refractivity contribution in [3.05, 3.63) is 70.8 Å². The molecule has 4 nitrogen and oxygen atoms in total. The van der Waals surface area contributed by atoms with Crippen molar-refractivity contribution in [3.63, 3.8) is 0 Å². The fourth-order valence-corrected chi connectivity index (χ4v) is 4.88. The first-order chi connectivity index (χ1) is 14.8. The summed E-state index contributed by atoms with van der Waals surface area (Å²) >= 11 is 0. The van der Waals surface area contributed by atoms with E-state index in [1.165, 1.54) is 33.7 Å². The fraction of sp³-hybridized carbons (Fsp3) is 0.462. The van der Waals surface area contributed by atoms with E-state index in [0.29, 0.717) is 0 Å². The summed E-state index contributed by atoms with van der Waals surface area (Å²) in [6.07, 6.45) is 4.33. The fourth-order valence-electron chi connectivity index (χ4n) is 4.88. The zero-order valence-corrected chi connectivity index (χ0v) is 18.4. The van der Waals surface area contributed by atoms with Crippen LogP contribution >= 0.6 is 0 Å². The van der Waals surface area contributed by atoms with Gasteiger partial charge in [0.2, 0.25) is 0 Å². The van der Waals surface area contributed by atoms with Crippen LogP contribution in [0.15, 0.2) is 48.5 Å². The second-order valence-corrected chi connectivity index (χ2v) is 8.17. The maximum absolute atomic E-state index is 5.40. The molecule has 2 heterocycles. The first-order valence-electron chi connectivity index (χ1n) is 11.2. The van der Waals surface area contributed by atoms with E-state index in [1.54, 1.807) is 14.2 Å². The summed E-state index contributed by atoms with van der Waals surface area (Å²) in [4.78, 5) is 0. The minimum Gasteiger partial charge on any atom is -0.378 e. The Hall–Kier alpha value is -2.30. The first kappa shape index (κ1) is 21.0. The molecule has 0 unspecified atom stereocenters. The third-order valence-corrected chi connectivity index (χ3v) is 6.45. The Labute approximate surface area is 180 Å². The molecule has 0 saturated heterocycles. The zero-order chi connectivity index (χ0) is 20.8. The topological polar surface area (TPSA) is 24.5 Å². The van der Waals surface area contributed by atoms with Gasteiger partial charge in [0, 0.05) is 51.0 Å². The van der Waals surface area contributed by atoms with E-state index in [9.17, 15) is 0 Å². The van der Waals surface area contributed by atoms with Crippen LogP contribution in [0, 0.1) is 0 Å². The Morgan fingerprint density at radius 1 is 0.667 bits per heavy atom. The average Bonchev–Trinajstić information content (AvgIpc) is 2.80. The molecule has 2 aromatic carbocycles. The number of hydrogen-bond acceptors (Lipinski definition) is 2. The van der Waals surface area contributed by atoms with E-state index < -0.39 is 0 Å². The van der Waals surface area contributed by atoms with E-state index >= 15 is 0 Å². The van der Waals surface area contributed by atoms with Crippen LogP contribution in [-0.4, -0.2) is 74.2 Å². The SMILES string of the molecule is COCC[N+]1=C(CCC2=[N+](CCOC)CCc3ccccc32)c2ccccc2CC1. The Morgan fingerprint density at radius 3 is 1.53 bits per heavy atom. The van der Waals surface area contributed by atoms with Crippen LogP contribution in [0.4, 0.5) is 0 Å². The van der Waals surface area contributed by atoms with E-state index in [1.807, 2.05) is 0 Å². The highest BCUT2D eigenvalue weighted by molar-refractivity contribution is 6.04. The molecule has 4 heteroatoms. The van der Waals surface area contributed by atoms with Crippen molar-refractivity contribution < 1.29 is 18.6 Å². The van der Waals surface area contributed by atoms with Crippen molar-refractivity contribution >= 4 is 11.4 Å². The van der Waals surface area contributed by atoms with Crippen LogP contribution in [-0.2, 0) is 22.3 Å². The normalized spacial score (nSPS) is 15.9. The van der Waals surface area contributed by atoms with E-state index in [4.69, 9.17) is 9.47 Å². The van der Waals surface area contributed by atoms with Gasteiger partial charge in [-0.15, -0.1) is 0 Å². The van der Waals surface area contributed by atoms with Crippen LogP contribution in [0.1, 0.15) is 35.1 Å². The average molecular weight is 407 g/mol. The molecule has 0 amide bonds. The van der Waals surface area contributed by atoms with Gasteiger partial charge in [-0.25, -0.2) is 9.15 Å². The van der Waals surface area contributed by atoms with Crippen molar-refractivity contribution in [3.8, 4) is 0 Å². The van der Waals surface area contributed by atoms with Crippen molar-refractivity contribution in [2.45, 2.75) is 25.7 Å². The Balaban J connectivity index is 1.65. The molecule has 0 aromatic heterocycles. The smallest absolute Gasteiger partial charge is 0.184 e. The molecule has 158 valence electrons. The molecule has 0 saturated carbocycles. The van der Waals surface area contributed by atoms with Crippen molar-refractivity contribution in [2.24, 2.45) is 0 Å². The lowest BCUT2D eigenvalue weighted by molar-refractivity contribution is -0.534. The van der Waals surface area contributed by atoms with Crippen LogP contribution < -0.4 is 0 Å². The number of rotatable bonds is 9. The van der Waals surface area contributed by atoms with Gasteiger partial charge in [0.25, 0.3) is 0 Å². The maximum atomic E-state index is 5.40. The van der Waals surface area contributed by atoms with Gasteiger partial charge in [-0.2, -0.15) is 0 Å². The summed E-state index contributed by atoms with van der Waals surface area (Å²) in [6.45, 7) is 5.61. The van der Waals surface area contributed by atoms with Crippen molar-refractivity contribution in [2.75, 3.05) is 53.6 Å². The summed E-state index contributed by atoms with van der Waals surface area (Å²) in [5.41, 5.74) is 8.74. The predicted octanol–water partition coefficient (Wildman–Crippen LogP) is 3.18. The van der Waals surface area contributed by atoms with Crippen molar-refractivity contribution in [1.82, 2.24) is 0 Å². The van der Waals surface area contributed by atoms with Crippen LogP contribution in [0.3, 0.4) is 0 Å². The molecule has 0 N–H and O–H groups in total. The third-order valence-electron chi connectivity index (χ3n) is 6.45. The molecule has 0 aliphatic carbocycles. The summed E-state index contributed by atoms with van der Waals surface area (Å²) in [7, 11) is 3.58. The Kier molecular flexibility index (Phi) is 7.08. The zero-order valence-electron chi connectivity index (χ0n) is 18.4. The molecule has 2 aromatic rings. The van der Waals surface area contributed by atoms with Gasteiger partial charge >= 0.3 is 0 Å².